The van der Waals surface area contributed by atoms with Crippen molar-refractivity contribution in [1.29, 1.82) is 0 Å². The Morgan fingerprint density at radius 3 is 3.05 bits per heavy atom. The Kier molecular flexibility index (Phi) is 3.27. The Morgan fingerprint density at radius 1 is 1.45 bits per heavy atom. The summed E-state index contributed by atoms with van der Waals surface area (Å²) >= 11 is 0. The van der Waals surface area contributed by atoms with Gasteiger partial charge >= 0.3 is 0 Å². The third-order valence-electron chi connectivity index (χ3n) is 3.40. The molecule has 0 fully saturated rings. The smallest absolute Gasteiger partial charge is 0.278 e. The van der Waals surface area contributed by atoms with Crippen LogP contribution < -0.4 is 15.7 Å². The Labute approximate surface area is 118 Å². The average molecular weight is 267 g/mol. The van der Waals surface area contributed by atoms with Crippen molar-refractivity contribution in [1.82, 2.24) is 20.3 Å². The summed E-state index contributed by atoms with van der Waals surface area (Å²) in [6.07, 6.45) is 1.48. The molecule has 1 aliphatic heterocycles. The Hall–Kier alpha value is -2.15. The molecule has 1 N–H and O–H groups in total. The lowest BCUT2D eigenvalue weighted by molar-refractivity contribution is 0.0978. The van der Waals surface area contributed by atoms with Crippen molar-refractivity contribution in [2.45, 2.75) is 6.54 Å². The lowest BCUT2D eigenvalue weighted by Gasteiger charge is -2.22. The predicted octanol–water partition coefficient (Wildman–Crippen LogP) is -0.641. The minimum Gasteiger partial charge on any atom is -0.311 e. The number of carbonyl (C=O) groups is 1. The summed E-state index contributed by atoms with van der Waals surface area (Å²) in [7, 11) is 7.53. The van der Waals surface area contributed by atoms with Crippen LogP contribution in [0.25, 0.3) is 0 Å². The van der Waals surface area contributed by atoms with Crippen LogP contribution in [0, 0.1) is 0 Å². The van der Waals surface area contributed by atoms with Crippen molar-refractivity contribution >= 4 is 24.9 Å². The van der Waals surface area contributed by atoms with Crippen LogP contribution in [-0.4, -0.2) is 41.8 Å². The van der Waals surface area contributed by atoms with Crippen LogP contribution in [0.5, 0.6) is 0 Å². The zero-order chi connectivity index (χ0) is 14.1. The molecule has 1 aromatic heterocycles. The summed E-state index contributed by atoms with van der Waals surface area (Å²) in [6.45, 7) is 2.03. The fourth-order valence-electron chi connectivity index (χ4n) is 2.38. The molecular weight excluding hydrogens is 253 g/mol. The maximum atomic E-state index is 12.6. The molecule has 2 heterocycles. The number of anilines is 1. The number of hydrogen-bond donors (Lipinski definition) is 1. The zero-order valence-electron chi connectivity index (χ0n) is 11.2. The number of rotatable bonds is 1. The van der Waals surface area contributed by atoms with Crippen LogP contribution in [0.15, 0.2) is 24.4 Å². The monoisotopic (exact) mass is 267 g/mol. The van der Waals surface area contributed by atoms with Crippen LogP contribution in [0.4, 0.5) is 5.69 Å². The van der Waals surface area contributed by atoms with E-state index in [2.05, 4.69) is 15.6 Å². The van der Waals surface area contributed by atoms with Crippen molar-refractivity contribution in [2.24, 2.45) is 7.05 Å². The van der Waals surface area contributed by atoms with E-state index < -0.39 is 0 Å². The third kappa shape index (κ3) is 2.20. The van der Waals surface area contributed by atoms with E-state index in [1.807, 2.05) is 18.2 Å². The molecule has 7 heteroatoms. The van der Waals surface area contributed by atoms with E-state index in [9.17, 15) is 4.79 Å². The minimum absolute atomic E-state index is 0.104. The van der Waals surface area contributed by atoms with Crippen LogP contribution in [0.3, 0.4) is 0 Å². The molecule has 2 radical (unpaired) electrons. The second-order valence-corrected chi connectivity index (χ2v) is 4.76. The summed E-state index contributed by atoms with van der Waals surface area (Å²) in [5, 5.41) is 10.9. The number of aryl methyl sites for hydroxylation is 1. The number of carbonyl (C=O) groups excluding carboxylic acids is 1. The third-order valence-corrected chi connectivity index (χ3v) is 3.40. The van der Waals surface area contributed by atoms with Gasteiger partial charge in [-0.05, 0) is 11.6 Å². The van der Waals surface area contributed by atoms with Crippen molar-refractivity contribution in [3.63, 3.8) is 0 Å². The fourth-order valence-corrected chi connectivity index (χ4v) is 2.38. The molecule has 1 amide bonds. The molecule has 6 nitrogen and oxygen atoms in total. The lowest BCUT2D eigenvalue weighted by atomic mass is 9.93. The maximum absolute atomic E-state index is 12.6. The molecule has 0 spiro atoms. The van der Waals surface area contributed by atoms with Gasteiger partial charge in [-0.3, -0.25) is 4.79 Å². The number of aromatic nitrogens is 3. The summed E-state index contributed by atoms with van der Waals surface area (Å²) in [4.78, 5) is 14.4. The number of nitrogens with zero attached hydrogens (tertiary/aromatic N) is 4. The molecule has 3 rings (SSSR count). The average Bonchev–Trinajstić information content (AvgIpc) is 2.74. The topological polar surface area (TPSA) is 63.1 Å². The molecule has 0 saturated carbocycles. The quantitative estimate of drug-likeness (QED) is 0.698. The standard InChI is InChI=1S/C13H14BN5O/c1-18-12(8-16-17-18)13(20)19-5-4-15-7-9-6-10(14)2-3-11(9)19/h2-3,6,8,15H,4-5,7H2,1H3. The van der Waals surface area contributed by atoms with Crippen LogP contribution in [0.2, 0.25) is 0 Å². The van der Waals surface area contributed by atoms with Gasteiger partial charge in [0.05, 0.1) is 6.20 Å². The van der Waals surface area contributed by atoms with Crippen LogP contribution >= 0.6 is 0 Å². The van der Waals surface area contributed by atoms with Gasteiger partial charge in [-0.25, -0.2) is 4.68 Å². The summed E-state index contributed by atoms with van der Waals surface area (Å²) in [5.41, 5.74) is 3.07. The number of hydrogen-bond acceptors (Lipinski definition) is 4. The molecule has 2 aromatic rings. The first-order valence-electron chi connectivity index (χ1n) is 6.42. The van der Waals surface area contributed by atoms with Gasteiger partial charge in [-0.1, -0.05) is 22.8 Å². The Bertz CT molecular complexity index is 654. The number of benzene rings is 1. The first kappa shape index (κ1) is 12.9. The van der Waals surface area contributed by atoms with E-state index in [0.717, 1.165) is 17.8 Å². The zero-order valence-corrected chi connectivity index (χ0v) is 11.2. The highest BCUT2D eigenvalue weighted by Gasteiger charge is 2.24. The highest BCUT2D eigenvalue weighted by Crippen LogP contribution is 2.22. The van der Waals surface area contributed by atoms with Gasteiger partial charge in [-0.15, -0.1) is 5.10 Å². The van der Waals surface area contributed by atoms with E-state index in [1.54, 1.807) is 11.9 Å². The van der Waals surface area contributed by atoms with Gasteiger partial charge in [0.1, 0.15) is 13.5 Å². The van der Waals surface area contributed by atoms with Gasteiger partial charge in [0.25, 0.3) is 5.91 Å². The van der Waals surface area contributed by atoms with Gasteiger partial charge in [0, 0.05) is 32.4 Å². The molecule has 20 heavy (non-hydrogen) atoms. The molecular formula is C13H14BN5O. The van der Waals surface area contributed by atoms with E-state index >= 15 is 0 Å². The molecule has 0 bridgehead atoms. The minimum atomic E-state index is -0.104. The van der Waals surface area contributed by atoms with Gasteiger partial charge < -0.3 is 10.2 Å². The van der Waals surface area contributed by atoms with Crippen molar-refractivity contribution in [3.8, 4) is 0 Å². The van der Waals surface area contributed by atoms with Crippen molar-refractivity contribution < 1.29 is 4.79 Å². The SMILES string of the molecule is [B]c1ccc2c(c1)CNCCN2C(=O)c1cnnn1C. The molecule has 1 aliphatic rings. The summed E-state index contributed by atoms with van der Waals surface area (Å²) in [5.74, 6) is -0.104. The molecule has 0 atom stereocenters. The Morgan fingerprint density at radius 2 is 2.30 bits per heavy atom. The van der Waals surface area contributed by atoms with Gasteiger partial charge in [0.2, 0.25) is 0 Å². The first-order valence-corrected chi connectivity index (χ1v) is 6.42. The van der Waals surface area contributed by atoms with Crippen LogP contribution in [-0.2, 0) is 13.6 Å². The van der Waals surface area contributed by atoms with Crippen LogP contribution in [0.1, 0.15) is 16.1 Å². The fraction of sp³-hybridized carbons (Fsp3) is 0.308. The predicted molar refractivity (Wildman–Crippen MR) is 76.2 cm³/mol. The molecule has 1 aromatic carbocycles. The lowest BCUT2D eigenvalue weighted by Crippen LogP contribution is -2.36. The Balaban J connectivity index is 2.02. The molecule has 0 unspecified atom stereocenters. The molecule has 0 aliphatic carbocycles. The normalized spacial score (nSPS) is 14.8. The van der Waals surface area contributed by atoms with Gasteiger partial charge in [0.15, 0.2) is 0 Å². The summed E-state index contributed by atoms with van der Waals surface area (Å²) in [6, 6.07) is 5.60. The van der Waals surface area contributed by atoms with Crippen molar-refractivity contribution in [3.05, 3.63) is 35.7 Å². The molecule has 100 valence electrons. The second-order valence-electron chi connectivity index (χ2n) is 4.76. The summed E-state index contributed by atoms with van der Waals surface area (Å²) < 4.78 is 1.48. The highest BCUT2D eigenvalue weighted by atomic mass is 16.2. The van der Waals surface area contributed by atoms with E-state index in [-0.39, 0.29) is 5.91 Å². The number of amides is 1. The first-order chi connectivity index (χ1) is 9.66. The van der Waals surface area contributed by atoms with E-state index in [1.165, 1.54) is 10.9 Å². The second kappa shape index (κ2) is 5.09. The number of nitrogens with one attached hydrogen (secondary N) is 1. The molecule has 0 saturated heterocycles. The van der Waals surface area contributed by atoms with E-state index in [4.69, 9.17) is 7.85 Å². The highest BCUT2D eigenvalue weighted by molar-refractivity contribution is 6.32. The maximum Gasteiger partial charge on any atom is 0.278 e. The van der Waals surface area contributed by atoms with E-state index in [0.29, 0.717) is 24.2 Å². The largest absolute Gasteiger partial charge is 0.311 e. The van der Waals surface area contributed by atoms with Crippen molar-refractivity contribution in [2.75, 3.05) is 18.0 Å². The number of fused-ring (bicyclic) bond motifs is 1. The van der Waals surface area contributed by atoms with Gasteiger partial charge in [-0.2, -0.15) is 0 Å².